The molecule has 1 heterocycles. The minimum Gasteiger partial charge on any atom is -0.456 e. The fourth-order valence-corrected chi connectivity index (χ4v) is 3.17. The lowest BCUT2D eigenvalue weighted by Crippen LogP contribution is -2.39. The maximum absolute atomic E-state index is 12.1. The van der Waals surface area contributed by atoms with Crippen molar-refractivity contribution in [1.29, 1.82) is 0 Å². The number of esters is 1. The topological polar surface area (TPSA) is 38.8 Å². The lowest BCUT2D eigenvalue weighted by molar-refractivity contribution is -0.0596. The Kier molecular flexibility index (Phi) is 5.14. The van der Waals surface area contributed by atoms with E-state index in [-0.39, 0.29) is 5.97 Å². The number of nitrogens with zero attached hydrogens (tertiary/aromatic N) is 1. The van der Waals surface area contributed by atoms with Crippen LogP contribution in [0.4, 0.5) is 5.69 Å². The molecule has 0 unspecified atom stereocenters. The molecule has 0 N–H and O–H groups in total. The molecule has 0 spiro atoms. The van der Waals surface area contributed by atoms with Crippen molar-refractivity contribution in [3.05, 3.63) is 29.8 Å². The van der Waals surface area contributed by atoms with Gasteiger partial charge in [0.2, 0.25) is 0 Å². The first kappa shape index (κ1) is 17.3. The Hall–Kier alpha value is -1.55. The van der Waals surface area contributed by atoms with E-state index in [2.05, 4.69) is 4.90 Å². The zero-order valence-electron chi connectivity index (χ0n) is 15.1. The van der Waals surface area contributed by atoms with Gasteiger partial charge in [-0.2, -0.15) is 0 Å². The molecular formula is C20H29NO3. The smallest absolute Gasteiger partial charge is 0.338 e. The van der Waals surface area contributed by atoms with Crippen LogP contribution in [0.5, 0.6) is 0 Å². The SMILES string of the molecule is CC(C)(C)OC(=O)c1ccc(N2CCC(OC3CCC3)CC2)cc1. The molecule has 2 aliphatic rings. The van der Waals surface area contributed by atoms with Gasteiger partial charge in [0.05, 0.1) is 17.8 Å². The predicted octanol–water partition coefficient (Wildman–Crippen LogP) is 4.18. The predicted molar refractivity (Wildman–Crippen MR) is 95.6 cm³/mol. The Balaban J connectivity index is 1.51. The summed E-state index contributed by atoms with van der Waals surface area (Å²) in [7, 11) is 0. The third-order valence-electron chi connectivity index (χ3n) is 4.75. The van der Waals surface area contributed by atoms with Crippen molar-refractivity contribution in [3.8, 4) is 0 Å². The standard InChI is InChI=1S/C20H29NO3/c1-20(2,3)24-19(22)15-7-9-16(10-8-15)21-13-11-18(12-14-21)23-17-5-4-6-17/h7-10,17-18H,4-6,11-14H2,1-3H3. The molecule has 0 atom stereocenters. The number of rotatable bonds is 4. The second-order valence-electron chi connectivity index (χ2n) is 7.92. The van der Waals surface area contributed by atoms with Crippen LogP contribution < -0.4 is 4.90 Å². The number of carbonyl (C=O) groups is 1. The lowest BCUT2D eigenvalue weighted by Gasteiger charge is -2.37. The van der Waals surface area contributed by atoms with Gasteiger partial charge in [-0.25, -0.2) is 4.79 Å². The summed E-state index contributed by atoms with van der Waals surface area (Å²) in [4.78, 5) is 14.4. The quantitative estimate of drug-likeness (QED) is 0.776. The molecule has 1 saturated carbocycles. The molecule has 1 aromatic rings. The molecule has 4 nitrogen and oxygen atoms in total. The highest BCUT2D eigenvalue weighted by atomic mass is 16.6. The highest BCUT2D eigenvalue weighted by Gasteiger charge is 2.26. The van der Waals surface area contributed by atoms with Gasteiger partial charge in [0.15, 0.2) is 0 Å². The summed E-state index contributed by atoms with van der Waals surface area (Å²) < 4.78 is 11.5. The van der Waals surface area contributed by atoms with Crippen LogP contribution in [0.2, 0.25) is 0 Å². The van der Waals surface area contributed by atoms with Crippen molar-refractivity contribution in [2.75, 3.05) is 18.0 Å². The van der Waals surface area contributed by atoms with E-state index in [0.29, 0.717) is 17.8 Å². The van der Waals surface area contributed by atoms with Gasteiger partial charge in [0, 0.05) is 18.8 Å². The van der Waals surface area contributed by atoms with Crippen LogP contribution in [0.1, 0.15) is 63.2 Å². The maximum Gasteiger partial charge on any atom is 0.338 e. The normalized spacial score (nSPS) is 19.9. The molecule has 1 saturated heterocycles. The van der Waals surface area contributed by atoms with Crippen LogP contribution in [0.25, 0.3) is 0 Å². The molecule has 2 fully saturated rings. The number of piperidine rings is 1. The Morgan fingerprint density at radius 1 is 1.00 bits per heavy atom. The molecule has 24 heavy (non-hydrogen) atoms. The number of carbonyl (C=O) groups excluding carboxylic acids is 1. The Labute approximate surface area is 145 Å². The van der Waals surface area contributed by atoms with Gasteiger partial charge in [-0.05, 0) is 77.1 Å². The van der Waals surface area contributed by atoms with E-state index >= 15 is 0 Å². The van der Waals surface area contributed by atoms with E-state index in [1.54, 1.807) is 0 Å². The summed E-state index contributed by atoms with van der Waals surface area (Å²) in [6, 6.07) is 7.76. The van der Waals surface area contributed by atoms with E-state index in [9.17, 15) is 4.79 Å². The van der Waals surface area contributed by atoms with Crippen LogP contribution in [-0.2, 0) is 9.47 Å². The monoisotopic (exact) mass is 331 g/mol. The highest BCUT2D eigenvalue weighted by molar-refractivity contribution is 5.90. The van der Waals surface area contributed by atoms with Gasteiger partial charge in [0.1, 0.15) is 5.60 Å². The second kappa shape index (κ2) is 7.14. The third-order valence-corrected chi connectivity index (χ3v) is 4.75. The minimum absolute atomic E-state index is 0.262. The zero-order valence-corrected chi connectivity index (χ0v) is 15.1. The van der Waals surface area contributed by atoms with E-state index in [1.165, 1.54) is 24.9 Å². The van der Waals surface area contributed by atoms with Crippen LogP contribution in [0.3, 0.4) is 0 Å². The van der Waals surface area contributed by atoms with Crippen LogP contribution in [0, 0.1) is 0 Å². The van der Waals surface area contributed by atoms with Crippen molar-refractivity contribution in [2.45, 2.75) is 70.7 Å². The van der Waals surface area contributed by atoms with Gasteiger partial charge in [-0.15, -0.1) is 0 Å². The molecule has 1 aliphatic carbocycles. The molecule has 1 aliphatic heterocycles. The third kappa shape index (κ3) is 4.50. The zero-order chi connectivity index (χ0) is 17.2. The molecule has 4 heteroatoms. The van der Waals surface area contributed by atoms with E-state index in [0.717, 1.165) is 25.9 Å². The number of anilines is 1. The first-order valence-corrected chi connectivity index (χ1v) is 9.14. The molecule has 0 aromatic heterocycles. The van der Waals surface area contributed by atoms with E-state index < -0.39 is 5.60 Å². The maximum atomic E-state index is 12.1. The van der Waals surface area contributed by atoms with Crippen molar-refractivity contribution in [2.24, 2.45) is 0 Å². The van der Waals surface area contributed by atoms with E-state index in [1.807, 2.05) is 45.0 Å². The van der Waals surface area contributed by atoms with Gasteiger partial charge in [-0.1, -0.05) is 0 Å². The number of hydrogen-bond donors (Lipinski definition) is 0. The Morgan fingerprint density at radius 3 is 2.08 bits per heavy atom. The summed E-state index contributed by atoms with van der Waals surface area (Å²) in [5.41, 5.74) is 1.32. The van der Waals surface area contributed by atoms with Gasteiger partial charge < -0.3 is 14.4 Å². The molecule has 1 aromatic carbocycles. The van der Waals surface area contributed by atoms with E-state index in [4.69, 9.17) is 9.47 Å². The summed E-state index contributed by atoms with van der Waals surface area (Å²) in [6.07, 6.45) is 6.93. The van der Waals surface area contributed by atoms with Gasteiger partial charge in [0.25, 0.3) is 0 Å². The largest absolute Gasteiger partial charge is 0.456 e. The highest BCUT2D eigenvalue weighted by Crippen LogP contribution is 2.28. The first-order valence-electron chi connectivity index (χ1n) is 9.14. The van der Waals surface area contributed by atoms with Crippen molar-refractivity contribution in [3.63, 3.8) is 0 Å². The summed E-state index contributed by atoms with van der Waals surface area (Å²) in [5, 5.41) is 0. The van der Waals surface area contributed by atoms with Crippen LogP contribution in [0.15, 0.2) is 24.3 Å². The molecule has 0 bridgehead atoms. The van der Waals surface area contributed by atoms with Crippen LogP contribution in [-0.4, -0.2) is 36.9 Å². The average molecular weight is 331 g/mol. The second-order valence-corrected chi connectivity index (χ2v) is 7.92. The molecule has 132 valence electrons. The van der Waals surface area contributed by atoms with Crippen molar-refractivity contribution >= 4 is 11.7 Å². The molecule has 3 rings (SSSR count). The summed E-state index contributed by atoms with van der Waals surface area (Å²) in [6.45, 7) is 7.69. The lowest BCUT2D eigenvalue weighted by atomic mass is 9.95. The molecule has 0 radical (unpaired) electrons. The summed E-state index contributed by atoms with van der Waals surface area (Å²) >= 11 is 0. The fourth-order valence-electron chi connectivity index (χ4n) is 3.17. The minimum atomic E-state index is -0.460. The van der Waals surface area contributed by atoms with Gasteiger partial charge in [-0.3, -0.25) is 0 Å². The number of hydrogen-bond acceptors (Lipinski definition) is 4. The number of benzene rings is 1. The average Bonchev–Trinajstić information content (AvgIpc) is 2.50. The fraction of sp³-hybridized carbons (Fsp3) is 0.650. The number of ether oxygens (including phenoxy) is 2. The van der Waals surface area contributed by atoms with Gasteiger partial charge >= 0.3 is 5.97 Å². The first-order chi connectivity index (χ1) is 11.4. The van der Waals surface area contributed by atoms with Crippen molar-refractivity contribution < 1.29 is 14.3 Å². The molecule has 0 amide bonds. The van der Waals surface area contributed by atoms with Crippen molar-refractivity contribution in [1.82, 2.24) is 0 Å². The Morgan fingerprint density at radius 2 is 1.58 bits per heavy atom. The summed E-state index contributed by atoms with van der Waals surface area (Å²) in [5.74, 6) is -0.262. The van der Waals surface area contributed by atoms with Crippen LogP contribution >= 0.6 is 0 Å². The Bertz CT molecular complexity index is 549. The molecular weight excluding hydrogens is 302 g/mol.